The highest BCUT2D eigenvalue weighted by molar-refractivity contribution is 5.99. The molecule has 0 aromatic heterocycles. The van der Waals surface area contributed by atoms with Crippen molar-refractivity contribution in [2.75, 3.05) is 17.2 Å². The Morgan fingerprint density at radius 1 is 1.26 bits per heavy atom. The maximum Gasteiger partial charge on any atom is 0.230 e. The van der Waals surface area contributed by atoms with Crippen LogP contribution in [0.1, 0.15) is 32.6 Å². The second kappa shape index (κ2) is 4.87. The summed E-state index contributed by atoms with van der Waals surface area (Å²) in [6, 6.07) is 7.67. The maximum atomic E-state index is 12.7. The predicted octanol–water partition coefficient (Wildman–Crippen LogP) is 3.06. The molecule has 1 amide bonds. The van der Waals surface area contributed by atoms with E-state index in [1.54, 1.807) is 0 Å². The third kappa shape index (κ3) is 2.11. The summed E-state index contributed by atoms with van der Waals surface area (Å²) in [6.45, 7) is 2.72. The molecular weight excluding hydrogens is 236 g/mol. The molecule has 0 heterocycles. The van der Waals surface area contributed by atoms with E-state index in [4.69, 9.17) is 5.73 Å². The molecule has 2 N–H and O–H groups in total. The van der Waals surface area contributed by atoms with E-state index in [1.807, 2.05) is 36.1 Å². The summed E-state index contributed by atoms with van der Waals surface area (Å²) in [4.78, 5) is 14.6. The SMILES string of the molecule is CCN(C(=O)C1C2CCCCC21)c1ccccc1N. The van der Waals surface area contributed by atoms with Crippen LogP contribution in [0.25, 0.3) is 0 Å². The second-order valence-electron chi connectivity index (χ2n) is 5.78. The molecule has 3 heteroatoms. The number of nitrogens with zero attached hydrogens (tertiary/aromatic N) is 1. The van der Waals surface area contributed by atoms with Gasteiger partial charge in [-0.1, -0.05) is 25.0 Å². The highest BCUT2D eigenvalue weighted by Crippen LogP contribution is 2.56. The van der Waals surface area contributed by atoms with Crippen molar-refractivity contribution in [3.05, 3.63) is 24.3 Å². The van der Waals surface area contributed by atoms with Crippen molar-refractivity contribution >= 4 is 17.3 Å². The molecule has 2 fully saturated rings. The van der Waals surface area contributed by atoms with Gasteiger partial charge >= 0.3 is 0 Å². The minimum Gasteiger partial charge on any atom is -0.397 e. The van der Waals surface area contributed by atoms with Gasteiger partial charge in [0.25, 0.3) is 0 Å². The van der Waals surface area contributed by atoms with Crippen LogP contribution in [-0.4, -0.2) is 12.5 Å². The minimum absolute atomic E-state index is 0.266. The molecule has 0 bridgehead atoms. The molecule has 0 saturated heterocycles. The average molecular weight is 258 g/mol. The number of nitrogens with two attached hydrogens (primary N) is 1. The third-order valence-electron chi connectivity index (χ3n) is 4.75. The summed E-state index contributed by atoms with van der Waals surface area (Å²) in [5, 5.41) is 0. The lowest BCUT2D eigenvalue weighted by molar-refractivity contribution is -0.120. The predicted molar refractivity (Wildman–Crippen MR) is 77.8 cm³/mol. The lowest BCUT2D eigenvalue weighted by Gasteiger charge is -2.23. The summed E-state index contributed by atoms with van der Waals surface area (Å²) in [5.41, 5.74) is 7.58. The Morgan fingerprint density at radius 3 is 2.47 bits per heavy atom. The van der Waals surface area contributed by atoms with Gasteiger partial charge in [-0.25, -0.2) is 0 Å². The molecule has 0 spiro atoms. The molecule has 2 saturated carbocycles. The fourth-order valence-electron chi connectivity index (χ4n) is 3.72. The number of carbonyl (C=O) groups is 1. The van der Waals surface area contributed by atoms with Crippen molar-refractivity contribution in [2.45, 2.75) is 32.6 Å². The molecule has 2 unspecified atom stereocenters. The van der Waals surface area contributed by atoms with Crippen molar-refractivity contribution < 1.29 is 4.79 Å². The Hall–Kier alpha value is -1.51. The van der Waals surface area contributed by atoms with E-state index < -0.39 is 0 Å². The Kier molecular flexibility index (Phi) is 3.21. The van der Waals surface area contributed by atoms with Crippen LogP contribution >= 0.6 is 0 Å². The number of nitrogen functional groups attached to an aromatic ring is 1. The number of carbonyl (C=O) groups excluding carboxylic acids is 1. The largest absolute Gasteiger partial charge is 0.397 e. The number of para-hydroxylation sites is 2. The summed E-state index contributed by atoms with van der Waals surface area (Å²) >= 11 is 0. The summed E-state index contributed by atoms with van der Waals surface area (Å²) in [5.74, 6) is 1.86. The molecule has 2 atom stereocenters. The van der Waals surface area contributed by atoms with E-state index >= 15 is 0 Å². The van der Waals surface area contributed by atoms with Crippen molar-refractivity contribution in [2.24, 2.45) is 17.8 Å². The molecule has 19 heavy (non-hydrogen) atoms. The Bertz CT molecular complexity index is 473. The first kappa shape index (κ1) is 12.5. The van der Waals surface area contributed by atoms with Crippen LogP contribution in [0.4, 0.5) is 11.4 Å². The van der Waals surface area contributed by atoms with Crippen LogP contribution in [0.3, 0.4) is 0 Å². The van der Waals surface area contributed by atoms with Gasteiger partial charge in [0.1, 0.15) is 0 Å². The van der Waals surface area contributed by atoms with Crippen LogP contribution in [0, 0.1) is 17.8 Å². The van der Waals surface area contributed by atoms with Gasteiger partial charge in [0, 0.05) is 12.5 Å². The van der Waals surface area contributed by atoms with Crippen molar-refractivity contribution in [1.29, 1.82) is 0 Å². The average Bonchev–Trinajstić information content (AvgIpc) is 3.16. The molecule has 3 rings (SSSR count). The first-order valence-electron chi connectivity index (χ1n) is 7.40. The van der Waals surface area contributed by atoms with Gasteiger partial charge in [0.05, 0.1) is 11.4 Å². The van der Waals surface area contributed by atoms with Gasteiger partial charge in [-0.2, -0.15) is 0 Å². The van der Waals surface area contributed by atoms with Crippen LogP contribution in [0.2, 0.25) is 0 Å². The normalized spacial score (nSPS) is 28.6. The molecule has 3 nitrogen and oxygen atoms in total. The van der Waals surface area contributed by atoms with Gasteiger partial charge < -0.3 is 10.6 Å². The van der Waals surface area contributed by atoms with Crippen LogP contribution in [0.5, 0.6) is 0 Å². The summed E-state index contributed by atoms with van der Waals surface area (Å²) < 4.78 is 0. The van der Waals surface area contributed by atoms with Crippen molar-refractivity contribution in [3.63, 3.8) is 0 Å². The van der Waals surface area contributed by atoms with E-state index in [9.17, 15) is 4.79 Å². The topological polar surface area (TPSA) is 46.3 Å². The maximum absolute atomic E-state index is 12.7. The van der Waals surface area contributed by atoms with Crippen molar-refractivity contribution in [3.8, 4) is 0 Å². The molecule has 0 aliphatic heterocycles. The zero-order valence-corrected chi connectivity index (χ0v) is 11.5. The Balaban J connectivity index is 1.80. The third-order valence-corrected chi connectivity index (χ3v) is 4.75. The zero-order valence-electron chi connectivity index (χ0n) is 11.5. The molecule has 1 aromatic carbocycles. The quantitative estimate of drug-likeness (QED) is 0.847. The van der Waals surface area contributed by atoms with Crippen LogP contribution in [0.15, 0.2) is 24.3 Å². The van der Waals surface area contributed by atoms with Crippen LogP contribution < -0.4 is 10.6 Å². The molecule has 1 aromatic rings. The number of hydrogen-bond acceptors (Lipinski definition) is 2. The van der Waals surface area contributed by atoms with Gasteiger partial charge in [-0.15, -0.1) is 0 Å². The molecule has 102 valence electrons. The lowest BCUT2D eigenvalue weighted by atomic mass is 10.0. The Labute approximate surface area is 114 Å². The highest BCUT2D eigenvalue weighted by atomic mass is 16.2. The zero-order chi connectivity index (χ0) is 13.4. The number of anilines is 2. The first-order chi connectivity index (χ1) is 9.24. The Morgan fingerprint density at radius 2 is 1.89 bits per heavy atom. The fourth-order valence-corrected chi connectivity index (χ4v) is 3.72. The molecule has 2 aliphatic rings. The first-order valence-corrected chi connectivity index (χ1v) is 7.40. The second-order valence-corrected chi connectivity index (χ2v) is 5.78. The molecule has 2 aliphatic carbocycles. The van der Waals surface area contributed by atoms with Gasteiger partial charge in [-0.05, 0) is 43.7 Å². The summed E-state index contributed by atoms with van der Waals surface area (Å²) in [7, 11) is 0. The van der Waals surface area contributed by atoms with Gasteiger partial charge in [0.15, 0.2) is 0 Å². The van der Waals surface area contributed by atoms with Gasteiger partial charge in [-0.3, -0.25) is 4.79 Å². The lowest BCUT2D eigenvalue weighted by Crippen LogP contribution is -2.33. The fraction of sp³-hybridized carbons (Fsp3) is 0.562. The number of amides is 1. The van der Waals surface area contributed by atoms with E-state index in [0.29, 0.717) is 24.1 Å². The standard InChI is InChI=1S/C16H22N2O/c1-2-18(14-10-6-5-9-13(14)17)16(19)15-11-7-3-4-8-12(11)15/h5-6,9-12,15H,2-4,7-8,17H2,1H3. The molecular formula is C16H22N2O. The number of hydrogen-bond donors (Lipinski definition) is 1. The van der Waals surface area contributed by atoms with E-state index in [-0.39, 0.29) is 11.8 Å². The minimum atomic E-state index is 0.266. The number of rotatable bonds is 3. The highest BCUT2D eigenvalue weighted by Gasteiger charge is 2.55. The number of fused-ring (bicyclic) bond motifs is 1. The van der Waals surface area contributed by atoms with E-state index in [2.05, 4.69) is 0 Å². The van der Waals surface area contributed by atoms with Crippen molar-refractivity contribution in [1.82, 2.24) is 0 Å². The van der Waals surface area contributed by atoms with E-state index in [0.717, 1.165) is 5.69 Å². The van der Waals surface area contributed by atoms with Gasteiger partial charge in [0.2, 0.25) is 5.91 Å². The van der Waals surface area contributed by atoms with Crippen LogP contribution in [-0.2, 0) is 4.79 Å². The molecule has 0 radical (unpaired) electrons. The number of benzene rings is 1. The smallest absolute Gasteiger partial charge is 0.230 e. The monoisotopic (exact) mass is 258 g/mol. The summed E-state index contributed by atoms with van der Waals surface area (Å²) in [6.07, 6.45) is 5.07. The van der Waals surface area contributed by atoms with E-state index in [1.165, 1.54) is 25.7 Å².